The maximum absolute atomic E-state index is 5.08. The lowest BCUT2D eigenvalue weighted by molar-refractivity contribution is 0.383. The van der Waals surface area contributed by atoms with Crippen LogP contribution in [0.4, 0.5) is 5.95 Å². The summed E-state index contributed by atoms with van der Waals surface area (Å²) in [5, 5.41) is 6.77. The summed E-state index contributed by atoms with van der Waals surface area (Å²) in [4.78, 5) is 20.3. The molecule has 0 radical (unpaired) electrons. The van der Waals surface area contributed by atoms with Crippen molar-refractivity contribution >= 4 is 5.95 Å². The van der Waals surface area contributed by atoms with Gasteiger partial charge >= 0.3 is 0 Å². The molecule has 0 saturated heterocycles. The smallest absolute Gasteiger partial charge is 0.246 e. The molecule has 0 aliphatic rings. The molecule has 0 bridgehead atoms. The number of anilines is 1. The highest BCUT2D eigenvalue weighted by Crippen LogP contribution is 2.09. The van der Waals surface area contributed by atoms with E-state index in [0.29, 0.717) is 30.0 Å². The van der Waals surface area contributed by atoms with Crippen molar-refractivity contribution in [3.05, 3.63) is 42.8 Å². The zero-order valence-corrected chi connectivity index (χ0v) is 9.76. The first-order valence-corrected chi connectivity index (χ1v) is 5.53. The quantitative estimate of drug-likeness (QED) is 0.734. The van der Waals surface area contributed by atoms with Crippen molar-refractivity contribution in [1.29, 1.82) is 0 Å². The first-order valence-electron chi connectivity index (χ1n) is 5.53. The Balaban J connectivity index is 1.69. The van der Waals surface area contributed by atoms with Gasteiger partial charge in [-0.2, -0.15) is 4.98 Å². The molecule has 0 fully saturated rings. The standard InChI is InChI=1S/C11H9N7O/c1-3-12-9(13-4-1)10-17-8(19-18-10)7-16-11-14-5-2-6-15-11/h1-6H,7H2,(H,14,15,16). The van der Waals surface area contributed by atoms with Gasteiger partial charge in [0.25, 0.3) is 0 Å². The van der Waals surface area contributed by atoms with E-state index in [-0.39, 0.29) is 0 Å². The molecule has 19 heavy (non-hydrogen) atoms. The lowest BCUT2D eigenvalue weighted by atomic mass is 10.5. The summed E-state index contributed by atoms with van der Waals surface area (Å²) in [6.07, 6.45) is 6.53. The van der Waals surface area contributed by atoms with Crippen LogP contribution in [-0.2, 0) is 6.54 Å². The van der Waals surface area contributed by atoms with Gasteiger partial charge in [-0.1, -0.05) is 5.16 Å². The third-order valence-electron chi connectivity index (χ3n) is 2.20. The summed E-state index contributed by atoms with van der Waals surface area (Å²) in [6.45, 7) is 0.337. The van der Waals surface area contributed by atoms with Gasteiger partial charge in [-0.25, -0.2) is 19.9 Å². The van der Waals surface area contributed by atoms with Crippen LogP contribution in [0.25, 0.3) is 11.6 Å². The van der Waals surface area contributed by atoms with E-state index in [9.17, 15) is 0 Å². The maximum atomic E-state index is 5.08. The molecular weight excluding hydrogens is 246 g/mol. The molecule has 3 rings (SSSR count). The minimum Gasteiger partial charge on any atom is -0.345 e. The lowest BCUT2D eigenvalue weighted by Gasteiger charge is -1.98. The van der Waals surface area contributed by atoms with Crippen molar-refractivity contribution < 1.29 is 4.52 Å². The molecule has 0 atom stereocenters. The fourth-order valence-electron chi connectivity index (χ4n) is 1.38. The van der Waals surface area contributed by atoms with Crippen molar-refractivity contribution in [2.45, 2.75) is 6.54 Å². The highest BCUT2D eigenvalue weighted by Gasteiger charge is 2.10. The van der Waals surface area contributed by atoms with Crippen LogP contribution in [0.1, 0.15) is 5.89 Å². The van der Waals surface area contributed by atoms with Crippen LogP contribution in [0.3, 0.4) is 0 Å². The zero-order valence-electron chi connectivity index (χ0n) is 9.76. The molecule has 1 N–H and O–H groups in total. The fourth-order valence-corrected chi connectivity index (χ4v) is 1.38. The van der Waals surface area contributed by atoms with Gasteiger partial charge < -0.3 is 9.84 Å². The predicted octanol–water partition coefficient (Wildman–Crippen LogP) is 0.929. The molecule has 0 unspecified atom stereocenters. The van der Waals surface area contributed by atoms with Crippen molar-refractivity contribution in [2.24, 2.45) is 0 Å². The molecule has 0 aromatic carbocycles. The summed E-state index contributed by atoms with van der Waals surface area (Å²) in [5.41, 5.74) is 0. The van der Waals surface area contributed by atoms with Gasteiger partial charge in [0.15, 0.2) is 0 Å². The zero-order chi connectivity index (χ0) is 12.9. The molecule has 0 aliphatic carbocycles. The Morgan fingerprint density at radius 1 is 0.895 bits per heavy atom. The number of hydrogen-bond donors (Lipinski definition) is 1. The van der Waals surface area contributed by atoms with E-state index in [1.807, 2.05) is 0 Å². The molecule has 8 nitrogen and oxygen atoms in total. The maximum Gasteiger partial charge on any atom is 0.246 e. The van der Waals surface area contributed by atoms with E-state index in [2.05, 4.69) is 35.4 Å². The van der Waals surface area contributed by atoms with Crippen LogP contribution < -0.4 is 5.32 Å². The number of hydrogen-bond acceptors (Lipinski definition) is 8. The van der Waals surface area contributed by atoms with E-state index < -0.39 is 0 Å². The van der Waals surface area contributed by atoms with Crippen molar-refractivity contribution in [2.75, 3.05) is 5.32 Å². The SMILES string of the molecule is c1cnc(NCc2nc(-c3ncccn3)no2)nc1. The highest BCUT2D eigenvalue weighted by atomic mass is 16.5. The van der Waals surface area contributed by atoms with Crippen molar-refractivity contribution in [1.82, 2.24) is 30.1 Å². The molecule has 3 aromatic heterocycles. The van der Waals surface area contributed by atoms with E-state index in [4.69, 9.17) is 4.52 Å². The summed E-state index contributed by atoms with van der Waals surface area (Å²) in [5.74, 6) is 1.69. The molecule has 0 spiro atoms. The van der Waals surface area contributed by atoms with Crippen LogP contribution in [0.2, 0.25) is 0 Å². The molecule has 0 aliphatic heterocycles. The first-order chi connectivity index (χ1) is 9.42. The van der Waals surface area contributed by atoms with Gasteiger partial charge in [0.05, 0.1) is 6.54 Å². The van der Waals surface area contributed by atoms with E-state index in [0.717, 1.165) is 0 Å². The first kappa shape index (κ1) is 11.2. The summed E-state index contributed by atoms with van der Waals surface area (Å²) in [7, 11) is 0. The molecule has 3 heterocycles. The fraction of sp³-hybridized carbons (Fsp3) is 0.0909. The number of nitrogens with one attached hydrogen (secondary N) is 1. The lowest BCUT2D eigenvalue weighted by Crippen LogP contribution is -2.03. The average Bonchev–Trinajstić information content (AvgIpc) is 2.96. The molecule has 0 saturated carbocycles. The Hall–Kier alpha value is -2.90. The molecule has 94 valence electrons. The van der Waals surface area contributed by atoms with Crippen molar-refractivity contribution in [3.8, 4) is 11.6 Å². The Morgan fingerprint density at radius 3 is 2.32 bits per heavy atom. The molecule has 8 heteroatoms. The normalized spacial score (nSPS) is 10.3. The van der Waals surface area contributed by atoms with Crippen LogP contribution in [0.15, 0.2) is 41.4 Å². The minimum atomic E-state index is 0.337. The van der Waals surface area contributed by atoms with Crippen molar-refractivity contribution in [3.63, 3.8) is 0 Å². The third-order valence-corrected chi connectivity index (χ3v) is 2.20. The second kappa shape index (κ2) is 5.17. The summed E-state index contributed by atoms with van der Waals surface area (Å²) >= 11 is 0. The van der Waals surface area contributed by atoms with Gasteiger partial charge in [0.2, 0.25) is 23.5 Å². The number of nitrogens with zero attached hydrogens (tertiary/aromatic N) is 6. The second-order valence-electron chi connectivity index (χ2n) is 3.51. The van der Waals surface area contributed by atoms with Gasteiger partial charge in [-0.05, 0) is 12.1 Å². The number of aromatic nitrogens is 6. The van der Waals surface area contributed by atoms with Crippen LogP contribution >= 0.6 is 0 Å². The van der Waals surface area contributed by atoms with Gasteiger partial charge in [0.1, 0.15) is 0 Å². The van der Waals surface area contributed by atoms with Crippen LogP contribution in [0.5, 0.6) is 0 Å². The van der Waals surface area contributed by atoms with Gasteiger partial charge in [0, 0.05) is 24.8 Å². The van der Waals surface area contributed by atoms with E-state index >= 15 is 0 Å². The molecular formula is C11H9N7O. The van der Waals surface area contributed by atoms with E-state index in [1.165, 1.54) is 0 Å². The predicted molar refractivity (Wildman–Crippen MR) is 64.7 cm³/mol. The average molecular weight is 255 g/mol. The Kier molecular flexibility index (Phi) is 3.05. The summed E-state index contributed by atoms with van der Waals surface area (Å²) < 4.78 is 5.08. The van der Waals surface area contributed by atoms with E-state index in [1.54, 1.807) is 36.9 Å². The monoisotopic (exact) mass is 255 g/mol. The van der Waals surface area contributed by atoms with Crippen LogP contribution in [-0.4, -0.2) is 30.1 Å². The third kappa shape index (κ3) is 2.68. The Morgan fingerprint density at radius 2 is 1.58 bits per heavy atom. The van der Waals surface area contributed by atoms with Gasteiger partial charge in [-0.15, -0.1) is 0 Å². The Bertz CT molecular complexity index is 640. The highest BCUT2D eigenvalue weighted by molar-refractivity contribution is 5.40. The molecule has 3 aromatic rings. The topological polar surface area (TPSA) is 103 Å². The Labute approximate surface area is 108 Å². The largest absolute Gasteiger partial charge is 0.345 e. The van der Waals surface area contributed by atoms with Gasteiger partial charge in [-0.3, -0.25) is 0 Å². The number of rotatable bonds is 4. The molecule has 0 amide bonds. The second-order valence-corrected chi connectivity index (χ2v) is 3.51. The minimum absolute atomic E-state index is 0.337. The summed E-state index contributed by atoms with van der Waals surface area (Å²) in [6, 6.07) is 3.46. The van der Waals surface area contributed by atoms with Crippen LogP contribution in [0, 0.1) is 0 Å².